The lowest BCUT2D eigenvalue weighted by molar-refractivity contribution is -0.134. The lowest BCUT2D eigenvalue weighted by Gasteiger charge is -2.22. The molecule has 0 saturated carbocycles. The van der Waals surface area contributed by atoms with Crippen LogP contribution >= 0.6 is 0 Å². The Morgan fingerprint density at radius 3 is 2.06 bits per heavy atom. The van der Waals surface area contributed by atoms with Gasteiger partial charge in [-0.25, -0.2) is 9.18 Å². The molecule has 3 rings (SSSR count). The van der Waals surface area contributed by atoms with Gasteiger partial charge in [-0.2, -0.15) is 0 Å². The van der Waals surface area contributed by atoms with Gasteiger partial charge in [0.2, 0.25) is 5.91 Å². The first-order chi connectivity index (χ1) is 15.8. The van der Waals surface area contributed by atoms with Crippen molar-refractivity contribution in [2.24, 2.45) is 0 Å². The zero-order valence-electron chi connectivity index (χ0n) is 19.2. The zero-order valence-corrected chi connectivity index (χ0v) is 19.2. The quantitative estimate of drug-likeness (QED) is 0.365. The van der Waals surface area contributed by atoms with Crippen LogP contribution in [0.1, 0.15) is 18.1 Å². The number of amides is 1. The van der Waals surface area contributed by atoms with Crippen LogP contribution in [0, 0.1) is 5.82 Å². The van der Waals surface area contributed by atoms with Crippen LogP contribution in [0.4, 0.5) is 15.8 Å². The van der Waals surface area contributed by atoms with Gasteiger partial charge >= 0.3 is 5.97 Å². The number of rotatable bonds is 7. The highest BCUT2D eigenvalue weighted by Crippen LogP contribution is 2.25. The second-order valence-corrected chi connectivity index (χ2v) is 7.84. The summed E-state index contributed by atoms with van der Waals surface area (Å²) in [7, 11) is 5.27. The molecule has 0 heterocycles. The van der Waals surface area contributed by atoms with Crippen molar-refractivity contribution in [1.82, 2.24) is 0 Å². The Kier molecular flexibility index (Phi) is 7.61. The standard InChI is InChI=1S/C27H27FN2O3/c1-19(31)30(26-16-21(15-24(28)17-26)7-14-27(32)33-4)18-20-5-8-22(9-6-20)23-10-12-25(13-11-23)29(2)3/h5-17H,18H2,1-4H3/b14-7+. The molecular weight excluding hydrogens is 419 g/mol. The summed E-state index contributed by atoms with van der Waals surface area (Å²) in [5, 5.41) is 0. The molecule has 0 aromatic heterocycles. The predicted molar refractivity (Wildman–Crippen MR) is 131 cm³/mol. The Morgan fingerprint density at radius 2 is 1.52 bits per heavy atom. The molecule has 0 atom stereocenters. The summed E-state index contributed by atoms with van der Waals surface area (Å²) < 4.78 is 18.8. The summed E-state index contributed by atoms with van der Waals surface area (Å²) in [6.07, 6.45) is 2.66. The van der Waals surface area contributed by atoms with Crippen molar-refractivity contribution in [3.05, 3.63) is 89.8 Å². The van der Waals surface area contributed by atoms with Crippen molar-refractivity contribution in [3.63, 3.8) is 0 Å². The fraction of sp³-hybridized carbons (Fsp3) is 0.185. The van der Waals surface area contributed by atoms with E-state index in [0.29, 0.717) is 17.8 Å². The maximum absolute atomic E-state index is 14.2. The average Bonchev–Trinajstić information content (AvgIpc) is 2.80. The molecule has 0 aliphatic heterocycles. The SMILES string of the molecule is COC(=O)/C=C/c1cc(F)cc(N(Cc2ccc(-c3ccc(N(C)C)cc3)cc2)C(C)=O)c1. The molecule has 3 aromatic carbocycles. The summed E-state index contributed by atoms with van der Waals surface area (Å²) in [4.78, 5) is 27.3. The van der Waals surface area contributed by atoms with Gasteiger partial charge in [-0.3, -0.25) is 4.79 Å². The molecular formula is C27H27FN2O3. The minimum atomic E-state index is -0.541. The first-order valence-electron chi connectivity index (χ1n) is 10.5. The molecule has 6 heteroatoms. The second kappa shape index (κ2) is 10.6. The minimum absolute atomic E-state index is 0.216. The van der Waals surface area contributed by atoms with Crippen LogP contribution in [0.15, 0.2) is 72.8 Å². The van der Waals surface area contributed by atoms with E-state index in [9.17, 15) is 14.0 Å². The lowest BCUT2D eigenvalue weighted by atomic mass is 10.0. The molecule has 1 amide bonds. The normalized spacial score (nSPS) is 10.8. The third kappa shape index (κ3) is 6.29. The van der Waals surface area contributed by atoms with Gasteiger partial charge in [0.1, 0.15) is 5.82 Å². The number of carbonyl (C=O) groups excluding carboxylic acids is 2. The van der Waals surface area contributed by atoms with Crippen molar-refractivity contribution in [2.45, 2.75) is 13.5 Å². The maximum atomic E-state index is 14.2. The first kappa shape index (κ1) is 23.7. The maximum Gasteiger partial charge on any atom is 0.330 e. The topological polar surface area (TPSA) is 49.9 Å². The molecule has 0 unspecified atom stereocenters. The number of esters is 1. The molecule has 0 fully saturated rings. The molecule has 0 N–H and O–H groups in total. The highest BCUT2D eigenvalue weighted by Gasteiger charge is 2.14. The Bertz CT molecular complexity index is 1150. The highest BCUT2D eigenvalue weighted by molar-refractivity contribution is 5.92. The van der Waals surface area contributed by atoms with E-state index in [-0.39, 0.29) is 5.91 Å². The summed E-state index contributed by atoms with van der Waals surface area (Å²) in [6, 6.07) is 20.5. The number of nitrogens with zero attached hydrogens (tertiary/aromatic N) is 2. The molecule has 170 valence electrons. The molecule has 33 heavy (non-hydrogen) atoms. The Balaban J connectivity index is 1.81. The smallest absolute Gasteiger partial charge is 0.330 e. The summed E-state index contributed by atoms with van der Waals surface area (Å²) in [6.45, 7) is 1.73. The van der Waals surface area contributed by atoms with Gasteiger partial charge < -0.3 is 14.5 Å². The Labute approximate surface area is 193 Å². The third-order valence-electron chi connectivity index (χ3n) is 5.22. The van der Waals surface area contributed by atoms with Crippen LogP contribution in [0.3, 0.4) is 0 Å². The van der Waals surface area contributed by atoms with Gasteiger partial charge in [-0.15, -0.1) is 0 Å². The van der Waals surface area contributed by atoms with Gasteiger partial charge in [-0.1, -0.05) is 36.4 Å². The molecule has 0 spiro atoms. The van der Waals surface area contributed by atoms with Crippen LogP contribution in [0.25, 0.3) is 17.2 Å². The molecule has 0 aliphatic rings. The second-order valence-electron chi connectivity index (χ2n) is 7.84. The van der Waals surface area contributed by atoms with Crippen LogP contribution < -0.4 is 9.80 Å². The van der Waals surface area contributed by atoms with Crippen LogP contribution in [0.5, 0.6) is 0 Å². The van der Waals surface area contributed by atoms with Gasteiger partial charge in [0.25, 0.3) is 0 Å². The Morgan fingerprint density at radius 1 is 0.909 bits per heavy atom. The van der Waals surface area contributed by atoms with E-state index in [4.69, 9.17) is 0 Å². The van der Waals surface area contributed by atoms with Crippen molar-refractivity contribution >= 4 is 29.3 Å². The van der Waals surface area contributed by atoms with Crippen LogP contribution in [-0.2, 0) is 20.9 Å². The predicted octanol–water partition coefficient (Wildman–Crippen LogP) is 5.30. The number of hydrogen-bond acceptors (Lipinski definition) is 4. The first-order valence-corrected chi connectivity index (χ1v) is 10.5. The van der Waals surface area contributed by atoms with E-state index in [1.807, 2.05) is 43.3 Å². The third-order valence-corrected chi connectivity index (χ3v) is 5.22. The number of anilines is 2. The van der Waals surface area contributed by atoms with Crippen molar-refractivity contribution < 1.29 is 18.7 Å². The zero-order chi connectivity index (χ0) is 24.0. The minimum Gasteiger partial charge on any atom is -0.466 e. The average molecular weight is 447 g/mol. The number of benzene rings is 3. The number of carbonyl (C=O) groups is 2. The lowest BCUT2D eigenvalue weighted by Crippen LogP contribution is -2.28. The Hall–Kier alpha value is -3.93. The number of methoxy groups -OCH3 is 1. The van der Waals surface area contributed by atoms with Crippen LogP contribution in [-0.4, -0.2) is 33.1 Å². The number of hydrogen-bond donors (Lipinski definition) is 0. The van der Waals surface area contributed by atoms with E-state index in [1.54, 1.807) is 6.07 Å². The van der Waals surface area contributed by atoms with E-state index >= 15 is 0 Å². The van der Waals surface area contributed by atoms with Crippen LogP contribution in [0.2, 0.25) is 0 Å². The molecule has 0 saturated heterocycles. The monoisotopic (exact) mass is 446 g/mol. The number of halogens is 1. The van der Waals surface area contributed by atoms with E-state index in [1.165, 1.54) is 43.2 Å². The van der Waals surface area contributed by atoms with Gasteiger partial charge in [0, 0.05) is 38.5 Å². The fourth-order valence-corrected chi connectivity index (χ4v) is 3.40. The number of ether oxygens (including phenoxy) is 1. The van der Waals surface area contributed by atoms with Crippen molar-refractivity contribution in [1.29, 1.82) is 0 Å². The molecule has 0 bridgehead atoms. The molecule has 5 nitrogen and oxygen atoms in total. The largest absolute Gasteiger partial charge is 0.466 e. The highest BCUT2D eigenvalue weighted by atomic mass is 19.1. The van der Waals surface area contributed by atoms with Gasteiger partial charge in [0.05, 0.1) is 13.7 Å². The van der Waals surface area contributed by atoms with Crippen molar-refractivity contribution in [3.8, 4) is 11.1 Å². The molecule has 0 radical (unpaired) electrons. The fourth-order valence-electron chi connectivity index (χ4n) is 3.40. The van der Waals surface area contributed by atoms with E-state index in [0.717, 1.165) is 22.4 Å². The summed E-state index contributed by atoms with van der Waals surface area (Å²) >= 11 is 0. The molecule has 0 aliphatic carbocycles. The van der Waals surface area contributed by atoms with E-state index in [2.05, 4.69) is 29.0 Å². The molecule has 3 aromatic rings. The van der Waals surface area contributed by atoms with Crippen molar-refractivity contribution in [2.75, 3.05) is 31.0 Å². The van der Waals surface area contributed by atoms with E-state index < -0.39 is 11.8 Å². The summed E-state index contributed by atoms with van der Waals surface area (Å²) in [5.74, 6) is -1.26. The van der Waals surface area contributed by atoms with Gasteiger partial charge in [0.15, 0.2) is 0 Å². The van der Waals surface area contributed by atoms with Gasteiger partial charge in [-0.05, 0) is 58.7 Å². The summed E-state index contributed by atoms with van der Waals surface area (Å²) in [5.41, 5.74) is 5.08.